The topological polar surface area (TPSA) is 101 Å². The molecule has 0 amide bonds. The summed E-state index contributed by atoms with van der Waals surface area (Å²) in [6, 6.07) is 10.8. The van der Waals surface area contributed by atoms with Gasteiger partial charge in [-0.15, -0.1) is 0 Å². The summed E-state index contributed by atoms with van der Waals surface area (Å²) in [6.07, 6.45) is 3.00. The van der Waals surface area contributed by atoms with Crippen LogP contribution < -0.4 is 29.0 Å². The highest BCUT2D eigenvalue weighted by Gasteiger charge is 2.37. The van der Waals surface area contributed by atoms with Crippen molar-refractivity contribution >= 4 is 69.6 Å². The predicted octanol–water partition coefficient (Wildman–Crippen LogP) is 9.82. The fourth-order valence-electron chi connectivity index (χ4n) is 7.58. The van der Waals surface area contributed by atoms with E-state index in [0.717, 1.165) is 63.0 Å². The number of hydrogen-bond acceptors (Lipinski definition) is 12. The first-order chi connectivity index (χ1) is 28.0. The summed E-state index contributed by atoms with van der Waals surface area (Å²) in [5.74, 6) is 2.14. The van der Waals surface area contributed by atoms with E-state index in [2.05, 4.69) is 29.8 Å². The van der Waals surface area contributed by atoms with Gasteiger partial charge in [-0.2, -0.15) is 14.4 Å². The van der Waals surface area contributed by atoms with E-state index in [0.29, 0.717) is 67.7 Å². The Morgan fingerprint density at radius 3 is 1.24 bits per heavy atom. The molecule has 0 radical (unpaired) electrons. The second-order valence-electron chi connectivity index (χ2n) is 13.9. The number of anilines is 2. The molecule has 12 nitrogen and oxygen atoms in total. The molecule has 18 heteroatoms. The van der Waals surface area contributed by atoms with Crippen LogP contribution in [0.4, 0.5) is 16.0 Å². The van der Waals surface area contributed by atoms with E-state index in [1.165, 1.54) is 0 Å². The van der Waals surface area contributed by atoms with Crippen molar-refractivity contribution in [3.63, 3.8) is 0 Å². The van der Waals surface area contributed by atoms with Crippen molar-refractivity contribution in [2.75, 3.05) is 62.6 Å². The van der Waals surface area contributed by atoms with Crippen LogP contribution in [0.1, 0.15) is 64.5 Å². The average molecular weight is 901 g/mol. The van der Waals surface area contributed by atoms with Crippen LogP contribution in [0.5, 0.6) is 23.0 Å². The van der Waals surface area contributed by atoms with Gasteiger partial charge >= 0.3 is 0 Å². The first-order valence-corrected chi connectivity index (χ1v) is 21.5. The molecule has 0 N–H and O–H groups in total. The minimum absolute atomic E-state index is 0.0192. The SMILES string of the molecule is CCOc1cc(CN2CCC(N(c3cc(Cl)nc(Cl)n3)N(c3cc(Cl)nc(Cl)n3)C3CCN(Cc4cc(OCC)c(Cl)c(OCC)c4)CC3)CC2)cc(OCC)c1F. The highest BCUT2D eigenvalue weighted by molar-refractivity contribution is 6.33. The maximum Gasteiger partial charge on any atom is 0.225 e. The quantitative estimate of drug-likeness (QED) is 0.0573. The standard InChI is InChI=1S/C40H48Cl5FN8O4/c1-5-55-29-17-25(18-30(37(29)43)56-6-2)23-51-13-9-27(10-14-51)53(35-21-33(41)47-39(44)49-35)54(36-22-34(42)48-40(45)50-36)28-11-15-52(16-12-28)24-26-19-31(57-7-3)38(46)32(20-26)58-8-4/h17-22,27-28H,5-16,23-24H2,1-4H3. The molecule has 6 rings (SSSR count). The van der Waals surface area contributed by atoms with Crippen LogP contribution in [0, 0.1) is 5.82 Å². The van der Waals surface area contributed by atoms with Crippen LogP contribution in [0.15, 0.2) is 36.4 Å². The Kier molecular flexibility index (Phi) is 15.9. The smallest absolute Gasteiger partial charge is 0.225 e. The molecule has 0 spiro atoms. The lowest BCUT2D eigenvalue weighted by atomic mass is 10.0. The van der Waals surface area contributed by atoms with Crippen molar-refractivity contribution in [2.45, 2.75) is 78.6 Å². The van der Waals surface area contributed by atoms with E-state index in [1.807, 2.05) is 39.8 Å². The van der Waals surface area contributed by atoms with Gasteiger partial charge in [0.05, 0.1) is 38.5 Å². The van der Waals surface area contributed by atoms with Gasteiger partial charge in [-0.1, -0.05) is 34.8 Å². The van der Waals surface area contributed by atoms with Gasteiger partial charge in [0.15, 0.2) is 23.1 Å². The highest BCUT2D eigenvalue weighted by Crippen LogP contribution is 2.38. The van der Waals surface area contributed by atoms with Crippen molar-refractivity contribution < 1.29 is 23.3 Å². The van der Waals surface area contributed by atoms with Crippen LogP contribution in [0.25, 0.3) is 0 Å². The van der Waals surface area contributed by atoms with Crippen molar-refractivity contribution in [1.29, 1.82) is 0 Å². The lowest BCUT2D eigenvalue weighted by molar-refractivity contribution is 0.182. The minimum atomic E-state index is -0.490. The van der Waals surface area contributed by atoms with Crippen LogP contribution in [-0.2, 0) is 13.1 Å². The average Bonchev–Trinajstić information content (AvgIpc) is 3.18. The zero-order chi connectivity index (χ0) is 41.3. The molecule has 2 aliphatic rings. The molecular formula is C40H48Cl5FN8O4. The zero-order valence-corrected chi connectivity index (χ0v) is 36.8. The Morgan fingerprint density at radius 2 is 0.897 bits per heavy atom. The largest absolute Gasteiger partial charge is 0.492 e. The molecule has 0 atom stereocenters. The molecule has 2 saturated heterocycles. The predicted molar refractivity (Wildman–Crippen MR) is 228 cm³/mol. The first-order valence-electron chi connectivity index (χ1n) is 19.6. The fraction of sp³-hybridized carbons (Fsp3) is 0.500. The summed E-state index contributed by atoms with van der Waals surface area (Å²) in [6.45, 7) is 13.4. The molecule has 4 aromatic rings. The van der Waals surface area contributed by atoms with Gasteiger partial charge in [0.25, 0.3) is 0 Å². The number of rotatable bonds is 17. The molecule has 314 valence electrons. The number of hydrazine groups is 1. The number of piperidine rings is 2. The minimum Gasteiger partial charge on any atom is -0.492 e. The van der Waals surface area contributed by atoms with Crippen LogP contribution in [-0.4, -0.2) is 94.4 Å². The van der Waals surface area contributed by atoms with E-state index in [1.54, 1.807) is 24.3 Å². The van der Waals surface area contributed by atoms with Gasteiger partial charge in [-0.25, -0.2) is 9.97 Å². The summed E-state index contributed by atoms with van der Waals surface area (Å²) < 4.78 is 38.0. The molecule has 0 saturated carbocycles. The Bertz CT molecular complexity index is 1770. The third-order valence-electron chi connectivity index (χ3n) is 9.96. The molecule has 58 heavy (non-hydrogen) atoms. The molecule has 2 aliphatic heterocycles. The van der Waals surface area contributed by atoms with Crippen molar-refractivity contribution in [3.05, 3.63) is 79.2 Å². The lowest BCUT2D eigenvalue weighted by Gasteiger charge is -2.49. The molecule has 2 aromatic heterocycles. The van der Waals surface area contributed by atoms with E-state index in [9.17, 15) is 0 Å². The van der Waals surface area contributed by atoms with Gasteiger partial charge in [-0.05, 0) is 112 Å². The van der Waals surface area contributed by atoms with E-state index in [4.69, 9.17) is 86.9 Å². The molecule has 0 aliphatic carbocycles. The number of halogens is 6. The monoisotopic (exact) mass is 898 g/mol. The first kappa shape index (κ1) is 44.3. The molecule has 0 unspecified atom stereocenters. The van der Waals surface area contributed by atoms with Crippen LogP contribution >= 0.6 is 58.0 Å². The van der Waals surface area contributed by atoms with Crippen LogP contribution in [0.2, 0.25) is 25.9 Å². The van der Waals surface area contributed by atoms with Gasteiger partial charge < -0.3 is 18.9 Å². The highest BCUT2D eigenvalue weighted by atomic mass is 35.5. The summed E-state index contributed by atoms with van der Waals surface area (Å²) >= 11 is 32.7. The number of benzene rings is 2. The van der Waals surface area contributed by atoms with Crippen LogP contribution in [0.3, 0.4) is 0 Å². The van der Waals surface area contributed by atoms with Crippen molar-refractivity contribution in [3.8, 4) is 23.0 Å². The Hall–Kier alpha value is -3.30. The molecule has 2 fully saturated rings. The number of nitrogens with zero attached hydrogens (tertiary/aromatic N) is 8. The molecule has 4 heterocycles. The van der Waals surface area contributed by atoms with Crippen molar-refractivity contribution in [1.82, 2.24) is 29.7 Å². The van der Waals surface area contributed by atoms with Crippen molar-refractivity contribution in [2.24, 2.45) is 0 Å². The second-order valence-corrected chi connectivity index (χ2v) is 15.7. The summed E-state index contributed by atoms with van der Waals surface area (Å²) in [5.41, 5.74) is 1.95. The normalized spacial score (nSPS) is 15.7. The summed E-state index contributed by atoms with van der Waals surface area (Å²) in [7, 11) is 0. The number of likely N-dealkylation sites (tertiary alicyclic amines) is 2. The third kappa shape index (κ3) is 11.1. The second kappa shape index (κ2) is 20.8. The fourth-order valence-corrected chi connectivity index (χ4v) is 8.59. The van der Waals surface area contributed by atoms with Gasteiger partial charge in [0.2, 0.25) is 16.4 Å². The lowest BCUT2D eigenvalue weighted by Crippen LogP contribution is -2.59. The third-order valence-corrected chi connectivity index (χ3v) is 11.1. The molecular weight excluding hydrogens is 853 g/mol. The van der Waals surface area contributed by atoms with E-state index >= 15 is 4.39 Å². The summed E-state index contributed by atoms with van der Waals surface area (Å²) in [4.78, 5) is 22.4. The van der Waals surface area contributed by atoms with Gasteiger partial charge in [0, 0.05) is 51.4 Å². The molecule has 2 aromatic carbocycles. The molecule has 0 bridgehead atoms. The number of aromatic nitrogens is 4. The Balaban J connectivity index is 1.27. The maximum atomic E-state index is 15.1. The Labute approximate surface area is 364 Å². The van der Waals surface area contributed by atoms with E-state index in [-0.39, 0.29) is 44.5 Å². The zero-order valence-electron chi connectivity index (χ0n) is 33.0. The number of ether oxygens (including phenoxy) is 4. The summed E-state index contributed by atoms with van der Waals surface area (Å²) in [5, 5.41) is 5.20. The van der Waals surface area contributed by atoms with Gasteiger partial charge in [0.1, 0.15) is 26.8 Å². The van der Waals surface area contributed by atoms with E-state index < -0.39 is 5.82 Å². The Morgan fingerprint density at radius 1 is 0.552 bits per heavy atom. The number of hydrogen-bond donors (Lipinski definition) is 0. The maximum absolute atomic E-state index is 15.1. The van der Waals surface area contributed by atoms with Gasteiger partial charge in [-0.3, -0.25) is 19.8 Å².